The molecule has 0 radical (unpaired) electrons. The van der Waals surface area contributed by atoms with Crippen LogP contribution in [0.1, 0.15) is 49.9 Å². The van der Waals surface area contributed by atoms with Crippen LogP contribution >= 0.6 is 0 Å². The minimum absolute atomic E-state index is 0.0685. The molecule has 0 unspecified atom stereocenters. The lowest BCUT2D eigenvalue weighted by molar-refractivity contribution is -0.125. The van der Waals surface area contributed by atoms with E-state index in [4.69, 9.17) is 4.98 Å². The fraction of sp³-hybridized carbons (Fsp3) is 0.520. The van der Waals surface area contributed by atoms with Crippen molar-refractivity contribution < 1.29 is 9.59 Å². The molecule has 1 aromatic carbocycles. The highest BCUT2D eigenvalue weighted by atomic mass is 16.2. The summed E-state index contributed by atoms with van der Waals surface area (Å²) in [6.07, 6.45) is 6.33. The van der Waals surface area contributed by atoms with Crippen LogP contribution in [0.25, 0.3) is 0 Å². The van der Waals surface area contributed by atoms with Crippen LogP contribution in [-0.2, 0) is 4.79 Å². The molecule has 1 saturated carbocycles. The Labute approximate surface area is 200 Å². The standard InChI is InChI=1S/C25H33N7O2/c1-25(2)15-32(19-9-4-5-10-19)21-20(31(3)23(25)34)14-27-24(30-21)29-17-8-6-7-16(11-17)22(33)28-18-12-26-13-18/h6-8,11,14,18-19,26H,4-5,9-10,12-13,15H2,1-3H3,(H,28,33)(H,27,29,30). The second-order valence-corrected chi connectivity index (χ2v) is 10.3. The van der Waals surface area contributed by atoms with Crippen LogP contribution in [0.15, 0.2) is 30.5 Å². The van der Waals surface area contributed by atoms with Crippen LogP contribution in [0.3, 0.4) is 0 Å². The molecular formula is C25H33N7O2. The van der Waals surface area contributed by atoms with Gasteiger partial charge in [0.05, 0.1) is 17.7 Å². The molecule has 0 atom stereocenters. The van der Waals surface area contributed by atoms with Gasteiger partial charge in [0.1, 0.15) is 5.69 Å². The molecule has 3 aliphatic rings. The summed E-state index contributed by atoms with van der Waals surface area (Å²) in [5.41, 5.74) is 1.54. The molecule has 3 heterocycles. The van der Waals surface area contributed by atoms with E-state index < -0.39 is 5.41 Å². The van der Waals surface area contributed by atoms with Gasteiger partial charge in [-0.3, -0.25) is 9.59 Å². The highest BCUT2D eigenvalue weighted by Gasteiger charge is 2.41. The van der Waals surface area contributed by atoms with E-state index in [2.05, 4.69) is 25.8 Å². The van der Waals surface area contributed by atoms with Crippen molar-refractivity contribution in [1.82, 2.24) is 20.6 Å². The summed E-state index contributed by atoms with van der Waals surface area (Å²) >= 11 is 0. The Kier molecular flexibility index (Phi) is 5.89. The zero-order valence-corrected chi connectivity index (χ0v) is 20.1. The SMILES string of the molecule is CN1C(=O)C(C)(C)CN(C2CCCC2)c2nc(Nc3cccc(C(=O)NC4CNC4)c3)ncc21. The minimum Gasteiger partial charge on any atom is -0.351 e. The predicted octanol–water partition coefficient (Wildman–Crippen LogP) is 2.67. The third kappa shape index (κ3) is 4.32. The number of nitrogens with one attached hydrogen (secondary N) is 3. The summed E-state index contributed by atoms with van der Waals surface area (Å²) < 4.78 is 0. The molecule has 34 heavy (non-hydrogen) atoms. The van der Waals surface area contributed by atoms with Crippen molar-refractivity contribution in [3.63, 3.8) is 0 Å². The Morgan fingerprint density at radius 1 is 1.21 bits per heavy atom. The Hall–Kier alpha value is -3.20. The summed E-state index contributed by atoms with van der Waals surface area (Å²) in [4.78, 5) is 39.1. The first-order valence-corrected chi connectivity index (χ1v) is 12.1. The summed E-state index contributed by atoms with van der Waals surface area (Å²) in [7, 11) is 1.80. The predicted molar refractivity (Wildman–Crippen MR) is 133 cm³/mol. The maximum atomic E-state index is 13.2. The molecule has 2 fully saturated rings. The van der Waals surface area contributed by atoms with E-state index >= 15 is 0 Å². The van der Waals surface area contributed by atoms with E-state index in [0.29, 0.717) is 24.1 Å². The van der Waals surface area contributed by atoms with Crippen molar-refractivity contribution in [3.05, 3.63) is 36.0 Å². The van der Waals surface area contributed by atoms with Gasteiger partial charge >= 0.3 is 0 Å². The van der Waals surface area contributed by atoms with E-state index in [9.17, 15) is 9.59 Å². The average Bonchev–Trinajstić information content (AvgIpc) is 3.31. The number of amides is 2. The second kappa shape index (κ2) is 8.87. The van der Waals surface area contributed by atoms with Gasteiger partial charge < -0.3 is 25.8 Å². The summed E-state index contributed by atoms with van der Waals surface area (Å²) in [5, 5.41) is 9.44. The largest absolute Gasteiger partial charge is 0.351 e. The number of aromatic nitrogens is 2. The van der Waals surface area contributed by atoms with Crippen molar-refractivity contribution in [1.29, 1.82) is 0 Å². The van der Waals surface area contributed by atoms with E-state index in [0.717, 1.165) is 43.1 Å². The van der Waals surface area contributed by atoms with Gasteiger partial charge in [-0.05, 0) is 44.9 Å². The molecule has 0 spiro atoms. The molecule has 3 N–H and O–H groups in total. The van der Waals surface area contributed by atoms with Gasteiger partial charge in [0.2, 0.25) is 11.9 Å². The van der Waals surface area contributed by atoms with Crippen LogP contribution < -0.4 is 25.8 Å². The van der Waals surface area contributed by atoms with Gasteiger partial charge in [-0.2, -0.15) is 4.98 Å². The molecule has 2 amide bonds. The lowest BCUT2D eigenvalue weighted by Crippen LogP contribution is -2.56. The van der Waals surface area contributed by atoms with Gasteiger partial charge in [-0.15, -0.1) is 0 Å². The number of rotatable bonds is 5. The van der Waals surface area contributed by atoms with Crippen molar-refractivity contribution in [2.75, 3.05) is 41.8 Å². The van der Waals surface area contributed by atoms with Crippen LogP contribution in [0.4, 0.5) is 23.1 Å². The van der Waals surface area contributed by atoms with Crippen LogP contribution in [0.5, 0.6) is 0 Å². The molecule has 1 aliphatic carbocycles. The Balaban J connectivity index is 1.43. The number of carbonyl (C=O) groups excluding carboxylic acids is 2. The molecule has 2 aliphatic heterocycles. The third-order valence-corrected chi connectivity index (χ3v) is 7.10. The smallest absolute Gasteiger partial charge is 0.251 e. The van der Waals surface area contributed by atoms with Gasteiger partial charge in [0, 0.05) is 44.0 Å². The molecule has 9 heteroatoms. The van der Waals surface area contributed by atoms with E-state index in [1.807, 2.05) is 32.0 Å². The topological polar surface area (TPSA) is 102 Å². The molecule has 0 bridgehead atoms. The Morgan fingerprint density at radius 2 is 1.97 bits per heavy atom. The summed E-state index contributed by atoms with van der Waals surface area (Å²) in [5.74, 6) is 1.21. The molecule has 2 aromatic rings. The van der Waals surface area contributed by atoms with E-state index in [1.165, 1.54) is 12.8 Å². The maximum absolute atomic E-state index is 13.2. The Morgan fingerprint density at radius 3 is 2.68 bits per heavy atom. The van der Waals surface area contributed by atoms with Crippen molar-refractivity contribution >= 4 is 35.0 Å². The zero-order valence-electron chi connectivity index (χ0n) is 20.1. The lowest BCUT2D eigenvalue weighted by atomic mass is 9.91. The van der Waals surface area contributed by atoms with Gasteiger partial charge in [-0.25, -0.2) is 4.98 Å². The fourth-order valence-electron chi connectivity index (χ4n) is 5.05. The molecular weight excluding hydrogens is 430 g/mol. The fourth-order valence-corrected chi connectivity index (χ4v) is 5.05. The third-order valence-electron chi connectivity index (χ3n) is 7.10. The highest BCUT2D eigenvalue weighted by Crippen LogP contribution is 2.40. The molecule has 180 valence electrons. The Bertz CT molecular complexity index is 1090. The van der Waals surface area contributed by atoms with Crippen molar-refractivity contribution in [2.45, 2.75) is 51.6 Å². The summed E-state index contributed by atoms with van der Waals surface area (Å²) in [6, 6.07) is 7.90. The zero-order chi connectivity index (χ0) is 23.9. The van der Waals surface area contributed by atoms with Crippen LogP contribution in [-0.4, -0.2) is 60.5 Å². The number of hydrogen-bond donors (Lipinski definition) is 3. The molecule has 1 aromatic heterocycles. The van der Waals surface area contributed by atoms with E-state index in [-0.39, 0.29) is 17.9 Å². The first-order chi connectivity index (χ1) is 16.3. The molecule has 5 rings (SSSR count). The minimum atomic E-state index is -0.525. The number of hydrogen-bond acceptors (Lipinski definition) is 7. The van der Waals surface area contributed by atoms with Gasteiger partial charge in [0.25, 0.3) is 5.91 Å². The second-order valence-electron chi connectivity index (χ2n) is 10.3. The van der Waals surface area contributed by atoms with Crippen molar-refractivity contribution in [2.24, 2.45) is 5.41 Å². The van der Waals surface area contributed by atoms with Gasteiger partial charge in [0.15, 0.2) is 5.82 Å². The number of carbonyl (C=O) groups is 2. The normalized spacial score (nSPS) is 20.5. The van der Waals surface area contributed by atoms with Crippen molar-refractivity contribution in [3.8, 4) is 0 Å². The number of nitrogens with zero attached hydrogens (tertiary/aromatic N) is 4. The van der Waals surface area contributed by atoms with Gasteiger partial charge in [-0.1, -0.05) is 18.9 Å². The number of anilines is 4. The molecule has 1 saturated heterocycles. The monoisotopic (exact) mass is 463 g/mol. The van der Waals surface area contributed by atoms with Crippen LogP contribution in [0.2, 0.25) is 0 Å². The van der Waals surface area contributed by atoms with Crippen LogP contribution in [0, 0.1) is 5.41 Å². The number of benzene rings is 1. The first-order valence-electron chi connectivity index (χ1n) is 12.1. The first kappa shape index (κ1) is 22.6. The highest BCUT2D eigenvalue weighted by molar-refractivity contribution is 6.01. The summed E-state index contributed by atoms with van der Waals surface area (Å²) in [6.45, 7) is 6.23. The maximum Gasteiger partial charge on any atom is 0.251 e. The number of fused-ring (bicyclic) bond motifs is 1. The quantitative estimate of drug-likeness (QED) is 0.627. The average molecular weight is 464 g/mol. The molecule has 9 nitrogen and oxygen atoms in total. The van der Waals surface area contributed by atoms with E-state index in [1.54, 1.807) is 24.2 Å². The lowest BCUT2D eigenvalue weighted by Gasteiger charge is -2.34.